The van der Waals surface area contributed by atoms with Gasteiger partial charge in [-0.15, -0.1) is 0 Å². The average Bonchev–Trinajstić information content (AvgIpc) is 2.69. The molecule has 7 nitrogen and oxygen atoms in total. The van der Waals surface area contributed by atoms with Crippen molar-refractivity contribution in [2.45, 2.75) is 19.5 Å². The van der Waals surface area contributed by atoms with Crippen LogP contribution in [0.4, 0.5) is 21.0 Å². The zero-order valence-corrected chi connectivity index (χ0v) is 16.2. The Balaban J connectivity index is 1.55. The van der Waals surface area contributed by atoms with Crippen molar-refractivity contribution in [3.05, 3.63) is 60.2 Å². The van der Waals surface area contributed by atoms with E-state index in [1.807, 2.05) is 23.1 Å². The minimum atomic E-state index is -0.549. The van der Waals surface area contributed by atoms with Crippen molar-refractivity contribution < 1.29 is 14.3 Å². The summed E-state index contributed by atoms with van der Waals surface area (Å²) in [7, 11) is 1.31. The number of amides is 3. The highest BCUT2D eigenvalue weighted by atomic mass is 16.5. The van der Waals surface area contributed by atoms with Crippen molar-refractivity contribution >= 4 is 23.5 Å². The van der Waals surface area contributed by atoms with E-state index in [1.54, 1.807) is 24.3 Å². The Bertz CT molecular complexity index is 812. The fourth-order valence-electron chi connectivity index (χ4n) is 3.36. The van der Waals surface area contributed by atoms with Gasteiger partial charge in [-0.05, 0) is 30.7 Å². The van der Waals surface area contributed by atoms with Crippen molar-refractivity contribution in [3.63, 3.8) is 0 Å². The van der Waals surface area contributed by atoms with Crippen molar-refractivity contribution in [2.24, 2.45) is 0 Å². The molecule has 1 atom stereocenters. The van der Waals surface area contributed by atoms with Gasteiger partial charge in [0.1, 0.15) is 0 Å². The van der Waals surface area contributed by atoms with Gasteiger partial charge in [-0.2, -0.15) is 0 Å². The number of nitrogens with one attached hydrogen (secondary N) is 2. The van der Waals surface area contributed by atoms with Crippen LogP contribution in [0.25, 0.3) is 0 Å². The van der Waals surface area contributed by atoms with E-state index >= 15 is 0 Å². The first-order valence-electron chi connectivity index (χ1n) is 9.34. The molecule has 2 aromatic rings. The highest BCUT2D eigenvalue weighted by molar-refractivity contribution is 5.91. The van der Waals surface area contributed by atoms with Crippen molar-refractivity contribution in [3.8, 4) is 0 Å². The third-order valence-corrected chi connectivity index (χ3v) is 4.77. The minimum absolute atomic E-state index is 0.105. The Labute approximate surface area is 165 Å². The SMILES string of the molecule is COC(=O)Nc1cccc(NC(=O)N2CCN(Cc3ccccc3)C[C@@H]2C)c1. The van der Waals surface area contributed by atoms with Crippen LogP contribution in [0.15, 0.2) is 54.6 Å². The summed E-state index contributed by atoms with van der Waals surface area (Å²) in [4.78, 5) is 28.3. The fraction of sp³-hybridized carbons (Fsp3) is 0.333. The lowest BCUT2D eigenvalue weighted by Gasteiger charge is -2.39. The number of piperazine rings is 1. The Morgan fingerprint density at radius 2 is 1.75 bits per heavy atom. The molecule has 148 valence electrons. The summed E-state index contributed by atoms with van der Waals surface area (Å²) in [5.41, 5.74) is 2.46. The lowest BCUT2D eigenvalue weighted by molar-refractivity contribution is 0.104. The van der Waals surface area contributed by atoms with Crippen LogP contribution in [0, 0.1) is 0 Å². The molecule has 1 aliphatic heterocycles. The van der Waals surface area contributed by atoms with E-state index in [1.165, 1.54) is 12.7 Å². The molecule has 0 spiro atoms. The van der Waals surface area contributed by atoms with E-state index in [2.05, 4.69) is 39.3 Å². The van der Waals surface area contributed by atoms with E-state index < -0.39 is 6.09 Å². The number of anilines is 2. The molecule has 1 aliphatic rings. The van der Waals surface area contributed by atoms with Crippen LogP contribution in [0.3, 0.4) is 0 Å². The van der Waals surface area contributed by atoms with Gasteiger partial charge in [-0.1, -0.05) is 36.4 Å². The summed E-state index contributed by atoms with van der Waals surface area (Å²) >= 11 is 0. The van der Waals surface area contributed by atoms with Crippen LogP contribution in [0.2, 0.25) is 0 Å². The second kappa shape index (κ2) is 9.23. The number of nitrogens with zero attached hydrogens (tertiary/aromatic N) is 2. The van der Waals surface area contributed by atoms with Gasteiger partial charge < -0.3 is 15.0 Å². The number of rotatable bonds is 4. The van der Waals surface area contributed by atoms with Crippen molar-refractivity contribution in [1.29, 1.82) is 0 Å². The van der Waals surface area contributed by atoms with Crippen LogP contribution < -0.4 is 10.6 Å². The summed E-state index contributed by atoms with van der Waals surface area (Å²) < 4.78 is 4.59. The largest absolute Gasteiger partial charge is 0.453 e. The maximum atomic E-state index is 12.7. The third-order valence-electron chi connectivity index (χ3n) is 4.77. The summed E-state index contributed by atoms with van der Waals surface area (Å²) in [5, 5.41) is 5.50. The maximum Gasteiger partial charge on any atom is 0.411 e. The third kappa shape index (κ3) is 5.23. The van der Waals surface area contributed by atoms with Gasteiger partial charge in [0, 0.05) is 43.6 Å². The average molecular weight is 382 g/mol. The molecule has 28 heavy (non-hydrogen) atoms. The second-order valence-electron chi connectivity index (χ2n) is 6.89. The molecule has 0 aliphatic carbocycles. The summed E-state index contributed by atoms with van der Waals surface area (Å²) in [6, 6.07) is 17.3. The number of benzene rings is 2. The van der Waals surface area contributed by atoms with Crippen LogP contribution >= 0.6 is 0 Å². The van der Waals surface area contributed by atoms with Crippen LogP contribution in [-0.2, 0) is 11.3 Å². The molecule has 3 rings (SSSR count). The zero-order valence-electron chi connectivity index (χ0n) is 16.2. The number of methoxy groups -OCH3 is 1. The predicted octanol–water partition coefficient (Wildman–Crippen LogP) is 3.60. The molecular weight excluding hydrogens is 356 g/mol. The Morgan fingerprint density at radius 1 is 1.04 bits per heavy atom. The van der Waals surface area contributed by atoms with E-state index in [0.29, 0.717) is 17.9 Å². The van der Waals surface area contributed by atoms with Crippen LogP contribution in [-0.4, -0.2) is 54.7 Å². The molecule has 0 unspecified atom stereocenters. The summed E-state index contributed by atoms with van der Waals surface area (Å²) in [6.07, 6.45) is -0.549. The first-order chi connectivity index (χ1) is 13.5. The summed E-state index contributed by atoms with van der Waals surface area (Å²) in [6.45, 7) is 5.27. The quantitative estimate of drug-likeness (QED) is 0.847. The van der Waals surface area contributed by atoms with Gasteiger partial charge in [-0.3, -0.25) is 10.2 Å². The van der Waals surface area contributed by atoms with E-state index in [4.69, 9.17) is 0 Å². The Kier molecular flexibility index (Phi) is 6.49. The lowest BCUT2D eigenvalue weighted by Crippen LogP contribution is -2.54. The molecule has 1 fully saturated rings. The smallest absolute Gasteiger partial charge is 0.411 e. The fourth-order valence-corrected chi connectivity index (χ4v) is 3.36. The minimum Gasteiger partial charge on any atom is -0.453 e. The molecule has 0 aromatic heterocycles. The van der Waals surface area contributed by atoms with Gasteiger partial charge >= 0.3 is 12.1 Å². The summed E-state index contributed by atoms with van der Waals surface area (Å²) in [5.74, 6) is 0. The normalized spacial score (nSPS) is 17.1. The van der Waals surface area contributed by atoms with Crippen LogP contribution in [0.1, 0.15) is 12.5 Å². The van der Waals surface area contributed by atoms with Gasteiger partial charge in [-0.25, -0.2) is 9.59 Å². The van der Waals surface area contributed by atoms with Gasteiger partial charge in [0.05, 0.1) is 7.11 Å². The molecular formula is C21H26N4O3. The van der Waals surface area contributed by atoms with Gasteiger partial charge in [0.15, 0.2) is 0 Å². The number of hydrogen-bond donors (Lipinski definition) is 2. The van der Waals surface area contributed by atoms with E-state index in [9.17, 15) is 9.59 Å². The molecule has 2 N–H and O–H groups in total. The predicted molar refractivity (Wildman–Crippen MR) is 109 cm³/mol. The molecule has 1 heterocycles. The zero-order chi connectivity index (χ0) is 19.9. The van der Waals surface area contributed by atoms with Gasteiger partial charge in [0.25, 0.3) is 0 Å². The molecule has 1 saturated heterocycles. The maximum absolute atomic E-state index is 12.7. The molecule has 0 saturated carbocycles. The highest BCUT2D eigenvalue weighted by Gasteiger charge is 2.27. The Hall–Kier alpha value is -3.06. The first-order valence-corrected chi connectivity index (χ1v) is 9.34. The highest BCUT2D eigenvalue weighted by Crippen LogP contribution is 2.18. The first kappa shape index (κ1) is 19.7. The molecule has 2 aromatic carbocycles. The Morgan fingerprint density at radius 3 is 2.43 bits per heavy atom. The number of hydrogen-bond acceptors (Lipinski definition) is 4. The molecule has 0 bridgehead atoms. The number of urea groups is 1. The van der Waals surface area contributed by atoms with Crippen LogP contribution in [0.5, 0.6) is 0 Å². The monoisotopic (exact) mass is 382 g/mol. The van der Waals surface area contributed by atoms with E-state index in [-0.39, 0.29) is 12.1 Å². The number of carbonyl (C=O) groups excluding carboxylic acids is 2. The van der Waals surface area contributed by atoms with Crippen molar-refractivity contribution in [1.82, 2.24) is 9.80 Å². The topological polar surface area (TPSA) is 73.9 Å². The van der Waals surface area contributed by atoms with Crippen molar-refractivity contribution in [2.75, 3.05) is 37.4 Å². The standard InChI is InChI=1S/C21H26N4O3/c1-16-14-24(15-17-7-4-3-5-8-17)11-12-25(16)20(26)22-18-9-6-10-19(13-18)23-21(27)28-2/h3-10,13,16H,11-12,14-15H2,1-2H3,(H,22,26)(H,23,27)/t16-/m0/s1. The molecule has 7 heteroatoms. The van der Waals surface area contributed by atoms with E-state index in [0.717, 1.165) is 19.6 Å². The molecule has 0 radical (unpaired) electrons. The molecule has 3 amide bonds. The number of carbonyl (C=O) groups is 2. The lowest BCUT2D eigenvalue weighted by atomic mass is 10.1. The van der Waals surface area contributed by atoms with Gasteiger partial charge in [0.2, 0.25) is 0 Å². The second-order valence-corrected chi connectivity index (χ2v) is 6.89. The number of ether oxygens (including phenoxy) is 1.